The van der Waals surface area contributed by atoms with Gasteiger partial charge in [-0.25, -0.2) is 0 Å². The molecule has 0 bridgehead atoms. The average molecular weight is 470 g/mol. The minimum absolute atomic E-state index is 0.0622. The van der Waals surface area contributed by atoms with Crippen LogP contribution in [0.25, 0.3) is 0 Å². The summed E-state index contributed by atoms with van der Waals surface area (Å²) >= 11 is 0. The van der Waals surface area contributed by atoms with Crippen LogP contribution >= 0.6 is 0 Å². The molecular formula is C28H22O7. The molecule has 0 unspecified atom stereocenters. The van der Waals surface area contributed by atoms with Crippen LogP contribution in [-0.2, 0) is 0 Å². The molecule has 0 aromatic heterocycles. The van der Waals surface area contributed by atoms with Gasteiger partial charge in [0.05, 0.1) is 12.0 Å². The van der Waals surface area contributed by atoms with Crippen LogP contribution in [0, 0.1) is 0 Å². The lowest BCUT2D eigenvalue weighted by molar-refractivity contribution is 0.157. The fraction of sp³-hybridized carbons (Fsp3) is 0.143. The van der Waals surface area contributed by atoms with Crippen molar-refractivity contribution in [1.82, 2.24) is 0 Å². The summed E-state index contributed by atoms with van der Waals surface area (Å²) in [5, 5.41) is 63.3. The normalized spacial score (nSPS) is 22.1. The van der Waals surface area contributed by atoms with Crippen molar-refractivity contribution >= 4 is 0 Å². The minimum Gasteiger partial charge on any atom is -0.508 e. The molecular weight excluding hydrogens is 448 g/mol. The van der Waals surface area contributed by atoms with Crippen LogP contribution in [-0.4, -0.2) is 30.6 Å². The first-order valence-electron chi connectivity index (χ1n) is 11.2. The van der Waals surface area contributed by atoms with Crippen molar-refractivity contribution in [2.24, 2.45) is 0 Å². The van der Waals surface area contributed by atoms with Crippen molar-refractivity contribution < 1.29 is 35.4 Å². The Balaban J connectivity index is 1.67. The number of ether oxygens (including phenoxy) is 1. The van der Waals surface area contributed by atoms with E-state index in [1.165, 1.54) is 30.3 Å². The quantitative estimate of drug-likeness (QED) is 0.251. The van der Waals surface area contributed by atoms with Crippen LogP contribution in [0.1, 0.15) is 57.4 Å². The molecule has 176 valence electrons. The second-order valence-electron chi connectivity index (χ2n) is 9.04. The predicted molar refractivity (Wildman–Crippen MR) is 126 cm³/mol. The topological polar surface area (TPSA) is 131 Å². The largest absolute Gasteiger partial charge is 0.508 e. The van der Waals surface area contributed by atoms with Crippen molar-refractivity contribution in [3.05, 3.63) is 106 Å². The summed E-state index contributed by atoms with van der Waals surface area (Å²) in [7, 11) is 0. The van der Waals surface area contributed by atoms with Gasteiger partial charge in [0.2, 0.25) is 0 Å². The van der Waals surface area contributed by atoms with Gasteiger partial charge in [0, 0.05) is 29.2 Å². The Hall–Kier alpha value is -4.36. The molecule has 1 aliphatic heterocycles. The maximum absolute atomic E-state index is 11.7. The van der Waals surface area contributed by atoms with Gasteiger partial charge in [-0.15, -0.1) is 0 Å². The highest BCUT2D eigenvalue weighted by atomic mass is 16.5. The van der Waals surface area contributed by atoms with Gasteiger partial charge in [-0.05, 0) is 58.7 Å². The van der Waals surface area contributed by atoms with Crippen molar-refractivity contribution in [1.29, 1.82) is 0 Å². The Morgan fingerprint density at radius 2 is 1.11 bits per heavy atom. The molecule has 2 aliphatic rings. The number of hydrogen-bond donors (Lipinski definition) is 6. The number of aromatic hydroxyl groups is 5. The van der Waals surface area contributed by atoms with Crippen molar-refractivity contribution in [2.45, 2.75) is 24.0 Å². The van der Waals surface area contributed by atoms with Crippen LogP contribution in [0.3, 0.4) is 0 Å². The van der Waals surface area contributed by atoms with E-state index in [0.717, 1.165) is 5.56 Å². The van der Waals surface area contributed by atoms with Gasteiger partial charge in [0.1, 0.15) is 40.6 Å². The number of hydrogen-bond acceptors (Lipinski definition) is 7. The van der Waals surface area contributed by atoms with E-state index in [0.29, 0.717) is 33.6 Å². The maximum Gasteiger partial charge on any atom is 0.135 e. The van der Waals surface area contributed by atoms with E-state index in [2.05, 4.69) is 0 Å². The summed E-state index contributed by atoms with van der Waals surface area (Å²) in [6.07, 6.45) is -1.79. The molecule has 4 atom stereocenters. The lowest BCUT2D eigenvalue weighted by Crippen LogP contribution is -2.15. The van der Waals surface area contributed by atoms with Crippen LogP contribution in [0.4, 0.5) is 0 Å². The van der Waals surface area contributed by atoms with Gasteiger partial charge in [0.15, 0.2) is 0 Å². The summed E-state index contributed by atoms with van der Waals surface area (Å²) in [5.41, 5.74) is 3.46. The molecule has 0 fully saturated rings. The highest BCUT2D eigenvalue weighted by molar-refractivity contribution is 5.65. The Kier molecular flexibility index (Phi) is 4.59. The molecule has 0 amide bonds. The third-order valence-corrected chi connectivity index (χ3v) is 6.96. The highest BCUT2D eigenvalue weighted by Crippen LogP contribution is 2.60. The highest BCUT2D eigenvalue weighted by Gasteiger charge is 2.47. The number of aliphatic hydroxyl groups excluding tert-OH is 1. The minimum atomic E-state index is -1.18. The molecule has 0 radical (unpaired) electrons. The Morgan fingerprint density at radius 1 is 0.543 bits per heavy atom. The smallest absolute Gasteiger partial charge is 0.135 e. The number of rotatable bonds is 2. The van der Waals surface area contributed by atoms with Crippen LogP contribution in [0.15, 0.2) is 72.8 Å². The molecule has 7 heteroatoms. The summed E-state index contributed by atoms with van der Waals surface area (Å²) in [5.74, 6) is -1.15. The first kappa shape index (κ1) is 21.2. The van der Waals surface area contributed by atoms with Gasteiger partial charge in [-0.2, -0.15) is 0 Å². The fourth-order valence-corrected chi connectivity index (χ4v) is 5.52. The number of phenols is 5. The Morgan fingerprint density at radius 3 is 1.77 bits per heavy atom. The summed E-state index contributed by atoms with van der Waals surface area (Å²) < 4.78 is 6.29. The third kappa shape index (κ3) is 3.24. The van der Waals surface area contributed by atoms with E-state index in [9.17, 15) is 30.6 Å². The van der Waals surface area contributed by atoms with E-state index < -0.39 is 24.0 Å². The number of fused-ring (bicyclic) bond motifs is 2. The molecule has 35 heavy (non-hydrogen) atoms. The van der Waals surface area contributed by atoms with Crippen molar-refractivity contribution in [2.75, 3.05) is 0 Å². The van der Waals surface area contributed by atoms with Crippen LogP contribution < -0.4 is 4.74 Å². The van der Waals surface area contributed by atoms with Crippen molar-refractivity contribution in [3.8, 4) is 34.5 Å². The van der Waals surface area contributed by atoms with Gasteiger partial charge < -0.3 is 35.4 Å². The molecule has 0 spiro atoms. The molecule has 4 aromatic rings. The second-order valence-corrected chi connectivity index (χ2v) is 9.04. The van der Waals surface area contributed by atoms with Crippen LogP contribution in [0.2, 0.25) is 0 Å². The lowest BCUT2D eigenvalue weighted by atomic mass is 9.80. The van der Waals surface area contributed by atoms with E-state index in [1.807, 2.05) is 0 Å². The molecule has 1 heterocycles. The molecule has 0 saturated carbocycles. The first-order valence-corrected chi connectivity index (χ1v) is 11.2. The molecule has 6 N–H and O–H groups in total. The second kappa shape index (κ2) is 7.58. The maximum atomic E-state index is 11.7. The van der Waals surface area contributed by atoms with Gasteiger partial charge in [0.25, 0.3) is 0 Å². The number of phenolic OH excluding ortho intramolecular Hbond substituents is 5. The summed E-state index contributed by atoms with van der Waals surface area (Å²) in [6, 6.07) is 18.7. The van der Waals surface area contributed by atoms with E-state index >= 15 is 0 Å². The average Bonchev–Trinajstić information content (AvgIpc) is 3.15. The summed E-state index contributed by atoms with van der Waals surface area (Å²) in [6.45, 7) is 0. The molecule has 4 aromatic carbocycles. The molecule has 0 saturated heterocycles. The molecule has 7 nitrogen and oxygen atoms in total. The molecule has 6 rings (SSSR count). The zero-order valence-electron chi connectivity index (χ0n) is 18.3. The Bertz CT molecular complexity index is 1440. The van der Waals surface area contributed by atoms with E-state index in [1.54, 1.807) is 42.5 Å². The SMILES string of the molecule is Oc1ccc([C@H]2c3c(O)cc(O)cc3[C@@H]3c4c(cc(O)cc4[C@@H]2O)O[C@@H]3c2ccc(O)cc2)cc1. The monoisotopic (exact) mass is 470 g/mol. The fourth-order valence-electron chi connectivity index (χ4n) is 5.52. The number of benzene rings is 4. The zero-order chi connectivity index (χ0) is 24.4. The van der Waals surface area contributed by atoms with Crippen molar-refractivity contribution in [3.63, 3.8) is 0 Å². The van der Waals surface area contributed by atoms with Crippen LogP contribution in [0.5, 0.6) is 34.5 Å². The Labute approximate surface area is 200 Å². The first-order chi connectivity index (χ1) is 16.8. The summed E-state index contributed by atoms with van der Waals surface area (Å²) in [4.78, 5) is 0. The van der Waals surface area contributed by atoms with E-state index in [-0.39, 0.29) is 28.7 Å². The number of aliphatic hydroxyl groups is 1. The van der Waals surface area contributed by atoms with Gasteiger partial charge in [-0.1, -0.05) is 24.3 Å². The predicted octanol–water partition coefficient (Wildman–Crippen LogP) is 4.66. The van der Waals surface area contributed by atoms with E-state index in [4.69, 9.17) is 4.74 Å². The third-order valence-electron chi connectivity index (χ3n) is 6.96. The van der Waals surface area contributed by atoms with Gasteiger partial charge in [-0.3, -0.25) is 0 Å². The molecule has 1 aliphatic carbocycles. The lowest BCUT2D eigenvalue weighted by Gasteiger charge is -2.27. The van der Waals surface area contributed by atoms with Gasteiger partial charge >= 0.3 is 0 Å². The standard InChI is InChI=1S/C28H22O7/c29-15-5-1-13(2-6-15)23-24-19(9-17(31)11-21(24)33)26-25-20(27(23)34)10-18(32)12-22(25)35-28(26)14-3-7-16(30)8-4-14/h1-12,23,26-34H/t23-,26+,27-,28+/m0/s1. The zero-order valence-corrected chi connectivity index (χ0v) is 18.3.